The predicted octanol–water partition coefficient (Wildman–Crippen LogP) is 4.75. The lowest BCUT2D eigenvalue weighted by molar-refractivity contribution is -0.384. The minimum absolute atomic E-state index is 0.0353. The first kappa shape index (κ1) is 19.6. The fraction of sp³-hybridized carbons (Fsp3) is 0.174. The van der Waals surface area contributed by atoms with Crippen LogP contribution in [0.2, 0.25) is 0 Å². The van der Waals surface area contributed by atoms with Crippen molar-refractivity contribution in [2.45, 2.75) is 0 Å². The number of nitrogens with zero attached hydrogens (tertiary/aromatic N) is 3. The molecule has 0 spiro atoms. The highest BCUT2D eigenvalue weighted by molar-refractivity contribution is 5.94. The first-order valence-electron chi connectivity index (χ1n) is 9.64. The number of ether oxygens (including phenoxy) is 1. The van der Waals surface area contributed by atoms with Crippen LogP contribution in [0, 0.1) is 10.1 Å². The van der Waals surface area contributed by atoms with Crippen LogP contribution >= 0.6 is 0 Å². The summed E-state index contributed by atoms with van der Waals surface area (Å²) >= 11 is 0. The van der Waals surface area contributed by atoms with Crippen LogP contribution in [-0.2, 0) is 0 Å². The Bertz CT molecular complexity index is 1190. The molecule has 7 nitrogen and oxygen atoms in total. The molecule has 0 aliphatic rings. The summed E-state index contributed by atoms with van der Waals surface area (Å²) < 4.78 is 6.15. The third-order valence-electron chi connectivity index (χ3n) is 4.83. The molecule has 3 aromatic carbocycles. The number of nitrogens with one attached hydrogen (secondary N) is 1. The average molecular weight is 402 g/mol. The molecule has 1 aromatic heterocycles. The minimum atomic E-state index is -0.372. The molecular formula is C23H22N4O3. The Kier molecular flexibility index (Phi) is 5.45. The number of imidazole rings is 1. The normalized spacial score (nSPS) is 11.2. The van der Waals surface area contributed by atoms with Gasteiger partial charge in [0.1, 0.15) is 17.9 Å². The van der Waals surface area contributed by atoms with E-state index in [-0.39, 0.29) is 10.6 Å². The average Bonchev–Trinajstić information content (AvgIpc) is 3.19. The molecule has 0 atom stereocenters. The van der Waals surface area contributed by atoms with Gasteiger partial charge < -0.3 is 14.6 Å². The van der Waals surface area contributed by atoms with Gasteiger partial charge in [0, 0.05) is 23.7 Å². The Morgan fingerprint density at radius 3 is 2.47 bits per heavy atom. The molecule has 4 aromatic rings. The van der Waals surface area contributed by atoms with Crippen LogP contribution in [0.3, 0.4) is 0 Å². The van der Waals surface area contributed by atoms with Crippen molar-refractivity contribution >= 4 is 16.7 Å². The largest absolute Gasteiger partial charge is 0.489 e. The number of fused-ring (bicyclic) bond motifs is 1. The maximum atomic E-state index is 11.6. The molecule has 4 rings (SSSR count). The van der Waals surface area contributed by atoms with Crippen LogP contribution in [0.1, 0.15) is 0 Å². The summed E-state index contributed by atoms with van der Waals surface area (Å²) in [7, 11) is 3.93. The van der Waals surface area contributed by atoms with Gasteiger partial charge in [0.2, 0.25) is 0 Å². The molecule has 0 aliphatic heterocycles. The highest BCUT2D eigenvalue weighted by Crippen LogP contribution is 2.40. The first-order chi connectivity index (χ1) is 14.5. The summed E-state index contributed by atoms with van der Waals surface area (Å²) in [5.41, 5.74) is 3.63. The Morgan fingerprint density at radius 2 is 1.73 bits per heavy atom. The smallest absolute Gasteiger partial charge is 0.277 e. The molecule has 0 bridgehead atoms. The van der Waals surface area contributed by atoms with Crippen LogP contribution in [0.5, 0.6) is 5.75 Å². The number of hydrogen-bond acceptors (Lipinski definition) is 5. The topological polar surface area (TPSA) is 84.3 Å². The van der Waals surface area contributed by atoms with Crippen molar-refractivity contribution in [3.05, 3.63) is 76.8 Å². The summed E-state index contributed by atoms with van der Waals surface area (Å²) in [6.45, 7) is 1.15. The first-order valence-corrected chi connectivity index (χ1v) is 9.64. The summed E-state index contributed by atoms with van der Waals surface area (Å²) in [6, 6.07) is 20.2. The number of aromatic nitrogens is 2. The lowest BCUT2D eigenvalue weighted by Crippen LogP contribution is -2.19. The summed E-state index contributed by atoms with van der Waals surface area (Å²) in [4.78, 5) is 21.4. The Balaban J connectivity index is 1.88. The van der Waals surface area contributed by atoms with Crippen LogP contribution in [0.15, 0.2) is 66.7 Å². The molecule has 0 saturated heterocycles. The van der Waals surface area contributed by atoms with Gasteiger partial charge in [0.05, 0.1) is 16.0 Å². The van der Waals surface area contributed by atoms with Crippen molar-refractivity contribution in [1.29, 1.82) is 0 Å². The number of likely N-dealkylation sites (N-methyl/N-ethyl adjacent to an activating group) is 1. The van der Waals surface area contributed by atoms with E-state index in [0.717, 1.165) is 16.9 Å². The Morgan fingerprint density at radius 1 is 1.00 bits per heavy atom. The zero-order valence-electron chi connectivity index (χ0n) is 16.8. The zero-order chi connectivity index (χ0) is 21.1. The number of nitro groups is 1. The second-order valence-corrected chi connectivity index (χ2v) is 7.22. The molecule has 0 saturated carbocycles. The standard InChI is InChI=1S/C23H22N4O3/c1-26(2)14-15-30-22-18(17-10-6-7-11-20(17)27(28)29)12-13-19-21(22)25-23(24-19)16-8-4-3-5-9-16/h3-13H,14-15H2,1-2H3,(H,24,25). The van der Waals surface area contributed by atoms with Gasteiger partial charge in [-0.15, -0.1) is 0 Å². The quantitative estimate of drug-likeness (QED) is 0.356. The van der Waals surface area contributed by atoms with Crippen molar-refractivity contribution in [1.82, 2.24) is 14.9 Å². The SMILES string of the molecule is CN(C)CCOc1c(-c2ccccc2[N+](=O)[O-])ccc2[nH]c(-c3ccccc3)nc12. The second kappa shape index (κ2) is 8.34. The van der Waals surface area contributed by atoms with Gasteiger partial charge in [-0.25, -0.2) is 4.98 Å². The number of H-pyrrole nitrogens is 1. The number of nitro benzene ring substituents is 1. The summed E-state index contributed by atoms with van der Waals surface area (Å²) in [6.07, 6.45) is 0. The third-order valence-corrected chi connectivity index (χ3v) is 4.83. The third kappa shape index (κ3) is 3.88. The van der Waals surface area contributed by atoms with Crippen molar-refractivity contribution in [2.24, 2.45) is 0 Å². The fourth-order valence-corrected chi connectivity index (χ4v) is 3.33. The van der Waals surface area contributed by atoms with Crippen molar-refractivity contribution in [2.75, 3.05) is 27.2 Å². The van der Waals surface area contributed by atoms with E-state index in [1.165, 1.54) is 6.07 Å². The lowest BCUT2D eigenvalue weighted by atomic mass is 10.0. The van der Waals surface area contributed by atoms with Gasteiger partial charge in [-0.1, -0.05) is 42.5 Å². The Labute approximate surface area is 174 Å². The molecule has 0 aliphatic carbocycles. The molecule has 0 unspecified atom stereocenters. The van der Waals surface area contributed by atoms with E-state index < -0.39 is 0 Å². The van der Waals surface area contributed by atoms with Crippen LogP contribution in [0.25, 0.3) is 33.5 Å². The van der Waals surface area contributed by atoms with Gasteiger partial charge in [0.25, 0.3) is 5.69 Å². The molecule has 0 fully saturated rings. The fourth-order valence-electron chi connectivity index (χ4n) is 3.33. The van der Waals surface area contributed by atoms with Gasteiger partial charge >= 0.3 is 0 Å². The molecule has 30 heavy (non-hydrogen) atoms. The van der Waals surface area contributed by atoms with E-state index in [0.29, 0.717) is 35.5 Å². The molecule has 0 amide bonds. The maximum absolute atomic E-state index is 11.6. The maximum Gasteiger partial charge on any atom is 0.277 e. The van der Waals surface area contributed by atoms with E-state index in [9.17, 15) is 10.1 Å². The van der Waals surface area contributed by atoms with E-state index in [1.54, 1.807) is 18.2 Å². The van der Waals surface area contributed by atoms with E-state index >= 15 is 0 Å². The predicted molar refractivity (Wildman–Crippen MR) is 118 cm³/mol. The molecule has 1 heterocycles. The molecular weight excluding hydrogens is 380 g/mol. The molecule has 7 heteroatoms. The van der Waals surface area contributed by atoms with Crippen molar-refractivity contribution in [3.63, 3.8) is 0 Å². The zero-order valence-corrected chi connectivity index (χ0v) is 16.8. The van der Waals surface area contributed by atoms with Crippen LogP contribution < -0.4 is 4.74 Å². The highest BCUT2D eigenvalue weighted by Gasteiger charge is 2.21. The monoisotopic (exact) mass is 402 g/mol. The lowest BCUT2D eigenvalue weighted by Gasteiger charge is -2.15. The van der Waals surface area contributed by atoms with Gasteiger partial charge in [-0.05, 0) is 32.3 Å². The Hall–Kier alpha value is -3.71. The van der Waals surface area contributed by atoms with E-state index in [1.807, 2.05) is 61.5 Å². The second-order valence-electron chi connectivity index (χ2n) is 7.22. The molecule has 1 N–H and O–H groups in total. The number of aromatic amines is 1. The van der Waals surface area contributed by atoms with Gasteiger partial charge in [-0.3, -0.25) is 10.1 Å². The van der Waals surface area contributed by atoms with Crippen molar-refractivity contribution in [3.8, 4) is 28.3 Å². The number of para-hydroxylation sites is 1. The van der Waals surface area contributed by atoms with Gasteiger partial charge in [0.15, 0.2) is 5.75 Å². The summed E-state index contributed by atoms with van der Waals surface area (Å²) in [5.74, 6) is 1.27. The van der Waals surface area contributed by atoms with Crippen LogP contribution in [0.4, 0.5) is 5.69 Å². The number of benzene rings is 3. The van der Waals surface area contributed by atoms with E-state index in [2.05, 4.69) is 4.98 Å². The molecule has 152 valence electrons. The van der Waals surface area contributed by atoms with Crippen LogP contribution in [-0.4, -0.2) is 47.0 Å². The highest BCUT2D eigenvalue weighted by atomic mass is 16.6. The number of rotatable bonds is 7. The van der Waals surface area contributed by atoms with E-state index in [4.69, 9.17) is 9.72 Å². The summed E-state index contributed by atoms with van der Waals surface area (Å²) in [5, 5.41) is 11.6. The number of hydrogen-bond donors (Lipinski definition) is 1. The van der Waals surface area contributed by atoms with Crippen molar-refractivity contribution < 1.29 is 9.66 Å². The molecule has 0 radical (unpaired) electrons. The van der Waals surface area contributed by atoms with Gasteiger partial charge in [-0.2, -0.15) is 0 Å². The minimum Gasteiger partial charge on any atom is -0.489 e.